The van der Waals surface area contributed by atoms with E-state index in [-0.39, 0.29) is 11.7 Å². The lowest BCUT2D eigenvalue weighted by Crippen LogP contribution is -2.25. The van der Waals surface area contributed by atoms with Crippen LogP contribution >= 0.6 is 0 Å². The minimum absolute atomic E-state index is 0.228. The van der Waals surface area contributed by atoms with Crippen molar-refractivity contribution in [2.75, 3.05) is 6.54 Å². The highest BCUT2D eigenvalue weighted by atomic mass is 16.5. The smallest absolute Gasteiger partial charge is 0.289 e. The molecule has 4 heteroatoms. The molecule has 1 aromatic carbocycles. The molecule has 1 N–H and O–H groups in total. The normalized spacial score (nSPS) is 10.0. The number of aromatic nitrogens is 1. The van der Waals surface area contributed by atoms with E-state index in [9.17, 15) is 4.79 Å². The van der Waals surface area contributed by atoms with Gasteiger partial charge >= 0.3 is 0 Å². The summed E-state index contributed by atoms with van der Waals surface area (Å²) in [5.74, 6) is 0.0153. The largest absolute Gasteiger partial charge is 0.351 e. The lowest BCUT2D eigenvalue weighted by molar-refractivity contribution is 0.0917. The average molecular weight is 216 g/mol. The molecule has 1 aromatic heterocycles. The van der Waals surface area contributed by atoms with Crippen LogP contribution in [-0.4, -0.2) is 17.6 Å². The number of hydrogen-bond donors (Lipinski definition) is 1. The van der Waals surface area contributed by atoms with Gasteiger partial charge in [0.1, 0.15) is 0 Å². The third-order valence-corrected chi connectivity index (χ3v) is 2.20. The fourth-order valence-electron chi connectivity index (χ4n) is 1.39. The minimum Gasteiger partial charge on any atom is -0.351 e. The molecule has 16 heavy (non-hydrogen) atoms. The zero-order chi connectivity index (χ0) is 11.2. The zero-order valence-corrected chi connectivity index (χ0v) is 8.72. The van der Waals surface area contributed by atoms with E-state index in [1.54, 1.807) is 0 Å². The van der Waals surface area contributed by atoms with E-state index in [0.717, 1.165) is 6.42 Å². The quantitative estimate of drug-likeness (QED) is 0.845. The van der Waals surface area contributed by atoms with Crippen LogP contribution in [0.1, 0.15) is 16.1 Å². The standard InChI is InChI=1S/C12H12N2O2/c15-12(11-7-9-14-16-11)13-8-6-10-4-2-1-3-5-10/h1-5,7,9H,6,8H2,(H,13,15). The fraction of sp³-hybridized carbons (Fsp3) is 0.167. The maximum absolute atomic E-state index is 11.5. The van der Waals surface area contributed by atoms with Gasteiger partial charge in [0.25, 0.3) is 5.91 Å². The Hall–Kier alpha value is -2.10. The molecule has 0 saturated heterocycles. The molecule has 0 spiro atoms. The van der Waals surface area contributed by atoms with Gasteiger partial charge in [-0.1, -0.05) is 35.5 Å². The number of hydrogen-bond acceptors (Lipinski definition) is 3. The van der Waals surface area contributed by atoms with Crippen LogP contribution in [0.25, 0.3) is 0 Å². The Balaban J connectivity index is 1.79. The van der Waals surface area contributed by atoms with Gasteiger partial charge in [0.2, 0.25) is 5.76 Å². The summed E-state index contributed by atoms with van der Waals surface area (Å²) in [7, 11) is 0. The molecule has 0 saturated carbocycles. The lowest BCUT2D eigenvalue weighted by atomic mass is 10.1. The summed E-state index contributed by atoms with van der Waals surface area (Å²) in [6.07, 6.45) is 2.26. The van der Waals surface area contributed by atoms with Gasteiger partial charge in [-0.05, 0) is 12.0 Å². The summed E-state index contributed by atoms with van der Waals surface area (Å²) in [4.78, 5) is 11.5. The minimum atomic E-state index is -0.228. The molecule has 0 bridgehead atoms. The van der Waals surface area contributed by atoms with Crippen LogP contribution in [0, 0.1) is 0 Å². The third-order valence-electron chi connectivity index (χ3n) is 2.20. The van der Waals surface area contributed by atoms with Crippen LogP contribution in [-0.2, 0) is 6.42 Å². The monoisotopic (exact) mass is 216 g/mol. The SMILES string of the molecule is O=C(NCCc1ccccc1)c1ccno1. The predicted octanol–water partition coefficient (Wildman–Crippen LogP) is 1.65. The molecule has 0 radical (unpaired) electrons. The number of benzene rings is 1. The van der Waals surface area contributed by atoms with Gasteiger partial charge in [-0.15, -0.1) is 0 Å². The molecule has 0 aliphatic heterocycles. The Kier molecular flexibility index (Phi) is 3.33. The van der Waals surface area contributed by atoms with E-state index in [2.05, 4.69) is 10.5 Å². The molecule has 0 unspecified atom stereocenters. The van der Waals surface area contributed by atoms with E-state index in [0.29, 0.717) is 6.54 Å². The van der Waals surface area contributed by atoms with Gasteiger partial charge in [0.15, 0.2) is 0 Å². The van der Waals surface area contributed by atoms with Gasteiger partial charge in [0, 0.05) is 12.6 Å². The van der Waals surface area contributed by atoms with Crippen LogP contribution < -0.4 is 5.32 Å². The van der Waals surface area contributed by atoms with Gasteiger partial charge in [-0.3, -0.25) is 4.79 Å². The number of carbonyl (C=O) groups is 1. The van der Waals surface area contributed by atoms with E-state index >= 15 is 0 Å². The molecule has 0 atom stereocenters. The molecular weight excluding hydrogens is 204 g/mol. The highest BCUT2D eigenvalue weighted by molar-refractivity contribution is 5.91. The molecular formula is C12H12N2O2. The van der Waals surface area contributed by atoms with Crippen molar-refractivity contribution >= 4 is 5.91 Å². The van der Waals surface area contributed by atoms with E-state index in [1.165, 1.54) is 17.8 Å². The van der Waals surface area contributed by atoms with Crippen molar-refractivity contribution in [3.8, 4) is 0 Å². The van der Waals surface area contributed by atoms with Gasteiger partial charge < -0.3 is 9.84 Å². The van der Waals surface area contributed by atoms with Crippen LogP contribution in [0.5, 0.6) is 0 Å². The highest BCUT2D eigenvalue weighted by Crippen LogP contribution is 1.99. The second kappa shape index (κ2) is 5.11. The maximum Gasteiger partial charge on any atom is 0.289 e. The predicted molar refractivity (Wildman–Crippen MR) is 59.0 cm³/mol. The second-order valence-corrected chi connectivity index (χ2v) is 3.37. The number of nitrogens with one attached hydrogen (secondary N) is 1. The lowest BCUT2D eigenvalue weighted by Gasteiger charge is -2.02. The summed E-state index contributed by atoms with van der Waals surface area (Å²) in [5, 5.41) is 6.23. The van der Waals surface area contributed by atoms with Crippen LogP contribution in [0.4, 0.5) is 0 Å². The number of nitrogens with zero attached hydrogens (tertiary/aromatic N) is 1. The van der Waals surface area contributed by atoms with E-state index < -0.39 is 0 Å². The van der Waals surface area contributed by atoms with Gasteiger partial charge in [-0.2, -0.15) is 0 Å². The van der Waals surface area contributed by atoms with E-state index in [4.69, 9.17) is 4.52 Å². The molecule has 0 aliphatic rings. The molecule has 4 nitrogen and oxygen atoms in total. The van der Waals surface area contributed by atoms with E-state index in [1.807, 2.05) is 30.3 Å². The summed E-state index contributed by atoms with van der Waals surface area (Å²) < 4.78 is 4.74. The van der Waals surface area contributed by atoms with Crippen LogP contribution in [0.3, 0.4) is 0 Å². The Morgan fingerprint density at radius 2 is 2.06 bits per heavy atom. The molecule has 82 valence electrons. The van der Waals surface area contributed by atoms with Crippen LogP contribution in [0.2, 0.25) is 0 Å². The van der Waals surface area contributed by atoms with Crippen molar-refractivity contribution in [2.45, 2.75) is 6.42 Å². The topological polar surface area (TPSA) is 55.1 Å². The summed E-state index contributed by atoms with van der Waals surface area (Å²) >= 11 is 0. The first-order chi connectivity index (χ1) is 7.86. The highest BCUT2D eigenvalue weighted by Gasteiger charge is 2.07. The molecule has 1 amide bonds. The summed E-state index contributed by atoms with van der Waals surface area (Å²) in [5.41, 5.74) is 1.19. The Morgan fingerprint density at radius 3 is 2.75 bits per heavy atom. The molecule has 0 aliphatic carbocycles. The molecule has 2 aromatic rings. The Morgan fingerprint density at radius 1 is 1.25 bits per heavy atom. The van der Waals surface area contributed by atoms with Gasteiger partial charge in [0.05, 0.1) is 6.20 Å². The molecule has 1 heterocycles. The van der Waals surface area contributed by atoms with Crippen molar-refractivity contribution < 1.29 is 9.32 Å². The summed E-state index contributed by atoms with van der Waals surface area (Å²) in [6.45, 7) is 0.587. The van der Waals surface area contributed by atoms with Crippen LogP contribution in [0.15, 0.2) is 47.1 Å². The average Bonchev–Trinajstić information content (AvgIpc) is 2.84. The first-order valence-corrected chi connectivity index (χ1v) is 5.09. The third kappa shape index (κ3) is 2.70. The summed E-state index contributed by atoms with van der Waals surface area (Å²) in [6, 6.07) is 11.5. The number of amides is 1. The second-order valence-electron chi connectivity index (χ2n) is 3.37. The van der Waals surface area contributed by atoms with Crippen molar-refractivity contribution in [3.05, 3.63) is 53.9 Å². The zero-order valence-electron chi connectivity index (χ0n) is 8.72. The van der Waals surface area contributed by atoms with Crippen molar-refractivity contribution in [3.63, 3.8) is 0 Å². The van der Waals surface area contributed by atoms with Crippen molar-refractivity contribution in [2.24, 2.45) is 0 Å². The molecule has 0 fully saturated rings. The Labute approximate surface area is 93.3 Å². The van der Waals surface area contributed by atoms with Crippen molar-refractivity contribution in [1.82, 2.24) is 10.5 Å². The molecule has 2 rings (SSSR count). The first-order valence-electron chi connectivity index (χ1n) is 5.09. The fourth-order valence-corrected chi connectivity index (χ4v) is 1.39. The number of rotatable bonds is 4. The Bertz CT molecular complexity index is 437. The maximum atomic E-state index is 11.5. The van der Waals surface area contributed by atoms with Crippen molar-refractivity contribution in [1.29, 1.82) is 0 Å². The first kappa shape index (κ1) is 10.4. The number of carbonyl (C=O) groups excluding carboxylic acids is 1. The van der Waals surface area contributed by atoms with Gasteiger partial charge in [-0.25, -0.2) is 0 Å².